The molecule has 0 saturated heterocycles. The van der Waals surface area contributed by atoms with Gasteiger partial charge in [0.2, 0.25) is 0 Å². The van der Waals surface area contributed by atoms with Crippen LogP contribution in [-0.2, 0) is 32.0 Å². The second-order valence-electron chi connectivity index (χ2n) is 9.30. The van der Waals surface area contributed by atoms with Crippen molar-refractivity contribution in [3.05, 3.63) is 83.7 Å². The molecule has 10 heteroatoms. The van der Waals surface area contributed by atoms with E-state index in [-0.39, 0.29) is 5.82 Å². The van der Waals surface area contributed by atoms with Gasteiger partial charge in [-0.25, -0.2) is 4.39 Å². The van der Waals surface area contributed by atoms with Gasteiger partial charge in [-0.15, -0.1) is 0 Å². The number of benzene rings is 3. The zero-order valence-corrected chi connectivity index (χ0v) is 23.9. The highest BCUT2D eigenvalue weighted by Crippen LogP contribution is 2.29. The topological polar surface area (TPSA) is 85.9 Å². The van der Waals surface area contributed by atoms with Crippen LogP contribution in [-0.4, -0.2) is 79.3 Å². The minimum Gasteiger partial charge on any atom is -0.487 e. The van der Waals surface area contributed by atoms with E-state index in [9.17, 15) is 4.39 Å². The van der Waals surface area contributed by atoms with Gasteiger partial charge in [0.1, 0.15) is 32.2 Å². The molecule has 0 spiro atoms. The summed E-state index contributed by atoms with van der Waals surface area (Å²) >= 11 is 0. The average molecular weight is 586 g/mol. The number of halogens is 1. The Morgan fingerprint density at radius 1 is 0.452 bits per heavy atom. The summed E-state index contributed by atoms with van der Waals surface area (Å²) in [5.41, 5.74) is 2.04. The molecule has 0 bridgehead atoms. The largest absolute Gasteiger partial charge is 0.487 e. The van der Waals surface area contributed by atoms with E-state index < -0.39 is 0 Å². The van der Waals surface area contributed by atoms with Gasteiger partial charge in [-0.3, -0.25) is 0 Å². The van der Waals surface area contributed by atoms with Gasteiger partial charge in [0.05, 0.1) is 52.9 Å². The van der Waals surface area contributed by atoms with E-state index in [0.29, 0.717) is 115 Å². The minimum atomic E-state index is -0.242. The molecule has 3 aromatic carbocycles. The summed E-state index contributed by atoms with van der Waals surface area (Å²) in [6, 6.07) is 19.8. The fraction of sp³-hybridized carbons (Fsp3) is 0.438. The molecular formula is C32H40FNO8. The third kappa shape index (κ3) is 11.8. The predicted octanol–water partition coefficient (Wildman–Crippen LogP) is 4.41. The molecule has 4 rings (SSSR count). The van der Waals surface area contributed by atoms with Crippen LogP contribution < -0.4 is 24.3 Å². The van der Waals surface area contributed by atoms with Crippen molar-refractivity contribution in [2.45, 2.75) is 13.1 Å². The first-order valence-electron chi connectivity index (χ1n) is 14.3. The Hall–Kier alpha value is -3.41. The van der Waals surface area contributed by atoms with E-state index in [1.165, 1.54) is 12.1 Å². The highest BCUT2D eigenvalue weighted by atomic mass is 19.1. The number of ether oxygens (including phenoxy) is 8. The standard InChI is InChI=1S/C32H40FNO8/c33-28-8-5-26(6-9-28)24-34-25-27-7-10-31-32(23-27)42-22-18-38-14-13-36-16-20-40-30-4-2-1-3-29(30)39-19-15-35-11-12-37-17-21-41-31/h1-10,23,34H,11-22,24-25H2. The van der Waals surface area contributed by atoms with Gasteiger partial charge in [-0.2, -0.15) is 0 Å². The van der Waals surface area contributed by atoms with Gasteiger partial charge in [-0.1, -0.05) is 30.3 Å². The van der Waals surface area contributed by atoms with E-state index in [2.05, 4.69) is 5.32 Å². The molecule has 0 aromatic heterocycles. The number of hydrogen-bond acceptors (Lipinski definition) is 9. The van der Waals surface area contributed by atoms with Crippen molar-refractivity contribution in [3.63, 3.8) is 0 Å². The Bertz CT molecular complexity index is 1160. The van der Waals surface area contributed by atoms with E-state index in [0.717, 1.165) is 11.1 Å². The Balaban J connectivity index is 1.26. The van der Waals surface area contributed by atoms with E-state index in [4.69, 9.17) is 37.9 Å². The first-order valence-corrected chi connectivity index (χ1v) is 14.3. The first kappa shape index (κ1) is 31.5. The van der Waals surface area contributed by atoms with E-state index in [1.807, 2.05) is 42.5 Å². The maximum atomic E-state index is 13.2. The van der Waals surface area contributed by atoms with E-state index >= 15 is 0 Å². The SMILES string of the molecule is Fc1ccc(CNCc2ccc3c(c2)OCCOCCOCCOc2ccccc2OCCOCCOCCO3)cc1. The second-order valence-corrected chi connectivity index (χ2v) is 9.30. The lowest BCUT2D eigenvalue weighted by Gasteiger charge is -2.15. The highest BCUT2D eigenvalue weighted by molar-refractivity contribution is 5.43. The summed E-state index contributed by atoms with van der Waals surface area (Å²) in [6.45, 7) is 6.23. The maximum Gasteiger partial charge on any atom is 0.161 e. The Labute approximate surface area is 246 Å². The molecule has 0 aliphatic carbocycles. The van der Waals surface area contributed by atoms with Crippen molar-refractivity contribution in [1.82, 2.24) is 5.32 Å². The molecule has 0 atom stereocenters. The molecule has 1 N–H and O–H groups in total. The molecule has 0 unspecified atom stereocenters. The lowest BCUT2D eigenvalue weighted by molar-refractivity contribution is 0.0223. The Kier molecular flexibility index (Phi) is 14.2. The van der Waals surface area contributed by atoms with Crippen molar-refractivity contribution in [1.29, 1.82) is 0 Å². The summed E-state index contributed by atoms with van der Waals surface area (Å²) in [6.07, 6.45) is 0. The first-order chi connectivity index (χ1) is 20.8. The second kappa shape index (κ2) is 18.9. The smallest absolute Gasteiger partial charge is 0.161 e. The third-order valence-electron chi connectivity index (χ3n) is 6.11. The van der Waals surface area contributed by atoms with Gasteiger partial charge in [0, 0.05) is 13.1 Å². The summed E-state index contributed by atoms with van der Waals surface area (Å²) < 4.78 is 59.3. The van der Waals surface area contributed by atoms with Crippen molar-refractivity contribution in [3.8, 4) is 23.0 Å². The van der Waals surface area contributed by atoms with Crippen LogP contribution in [0.25, 0.3) is 0 Å². The predicted molar refractivity (Wildman–Crippen MR) is 155 cm³/mol. The van der Waals surface area contributed by atoms with Crippen LogP contribution in [0.1, 0.15) is 11.1 Å². The van der Waals surface area contributed by atoms with Crippen molar-refractivity contribution in [2.24, 2.45) is 0 Å². The van der Waals surface area contributed by atoms with Gasteiger partial charge >= 0.3 is 0 Å². The number of para-hydroxylation sites is 2. The molecule has 1 aliphatic rings. The monoisotopic (exact) mass is 585 g/mol. The van der Waals surface area contributed by atoms with Crippen LogP contribution in [0.2, 0.25) is 0 Å². The molecule has 228 valence electrons. The lowest BCUT2D eigenvalue weighted by atomic mass is 10.2. The molecule has 1 aliphatic heterocycles. The molecule has 42 heavy (non-hydrogen) atoms. The normalized spacial score (nSPS) is 16.7. The van der Waals surface area contributed by atoms with Gasteiger partial charge in [0.15, 0.2) is 23.0 Å². The van der Waals surface area contributed by atoms with Gasteiger partial charge < -0.3 is 43.2 Å². The summed E-state index contributed by atoms with van der Waals surface area (Å²) in [7, 11) is 0. The molecule has 9 nitrogen and oxygen atoms in total. The van der Waals surface area contributed by atoms with Crippen molar-refractivity contribution < 1.29 is 42.3 Å². The maximum absolute atomic E-state index is 13.2. The molecule has 0 fully saturated rings. The third-order valence-corrected chi connectivity index (χ3v) is 6.11. The molecule has 0 amide bonds. The minimum absolute atomic E-state index is 0.242. The zero-order chi connectivity index (χ0) is 29.1. The number of hydrogen-bond donors (Lipinski definition) is 1. The lowest BCUT2D eigenvalue weighted by Crippen LogP contribution is -2.16. The fourth-order valence-electron chi connectivity index (χ4n) is 4.02. The van der Waals surface area contributed by atoms with Crippen molar-refractivity contribution >= 4 is 0 Å². The van der Waals surface area contributed by atoms with E-state index in [1.54, 1.807) is 12.1 Å². The summed E-state index contributed by atoms with van der Waals surface area (Å²) in [4.78, 5) is 0. The molecule has 0 saturated carbocycles. The number of fused-ring (bicyclic) bond motifs is 2. The van der Waals surface area contributed by atoms with Crippen molar-refractivity contribution in [2.75, 3.05) is 79.3 Å². The number of nitrogens with one attached hydrogen (secondary N) is 1. The fourth-order valence-corrected chi connectivity index (χ4v) is 4.02. The Morgan fingerprint density at radius 3 is 1.38 bits per heavy atom. The van der Waals surface area contributed by atoms with Crippen LogP contribution in [0.3, 0.4) is 0 Å². The summed E-state index contributed by atoms with van der Waals surface area (Å²) in [5.74, 6) is 2.35. The van der Waals surface area contributed by atoms with Crippen LogP contribution in [0.5, 0.6) is 23.0 Å². The number of rotatable bonds is 4. The highest BCUT2D eigenvalue weighted by Gasteiger charge is 2.09. The summed E-state index contributed by atoms with van der Waals surface area (Å²) in [5, 5.41) is 3.38. The Morgan fingerprint density at radius 2 is 0.857 bits per heavy atom. The van der Waals surface area contributed by atoms with Crippen LogP contribution in [0, 0.1) is 5.82 Å². The molecular weight excluding hydrogens is 545 g/mol. The van der Waals surface area contributed by atoms with Gasteiger partial charge in [-0.05, 0) is 47.5 Å². The quantitative estimate of drug-likeness (QED) is 0.479. The van der Waals surface area contributed by atoms with Crippen LogP contribution in [0.15, 0.2) is 66.7 Å². The van der Waals surface area contributed by atoms with Gasteiger partial charge in [0.25, 0.3) is 0 Å². The average Bonchev–Trinajstić information content (AvgIpc) is 3.01. The molecule has 1 heterocycles. The van der Waals surface area contributed by atoms with Crippen LogP contribution >= 0.6 is 0 Å². The van der Waals surface area contributed by atoms with Crippen LogP contribution in [0.4, 0.5) is 4.39 Å². The zero-order valence-electron chi connectivity index (χ0n) is 23.9. The molecule has 0 radical (unpaired) electrons. The molecule has 3 aromatic rings.